The van der Waals surface area contributed by atoms with Crippen LogP contribution in [0.1, 0.15) is 8.22 Å². The molecule has 4 aromatic heterocycles. The summed E-state index contributed by atoms with van der Waals surface area (Å²) in [5.74, 6) is 1.19. The molecule has 0 spiro atoms. The normalized spacial score (nSPS) is 13.1. The van der Waals surface area contributed by atoms with Gasteiger partial charge in [-0.1, -0.05) is 158 Å². The van der Waals surface area contributed by atoms with Gasteiger partial charge in [0.15, 0.2) is 11.6 Å². The number of furan rings is 1. The summed E-state index contributed by atoms with van der Waals surface area (Å²) in [6.07, 6.45) is 0. The second-order valence-corrected chi connectivity index (χ2v) is 15.5. The number of hydrogen-bond acceptors (Lipinski definition) is 4. The maximum absolute atomic E-state index is 9.65. The highest BCUT2D eigenvalue weighted by atomic mass is 16.3. The molecule has 294 valence electrons. The first kappa shape index (κ1) is 29.6. The summed E-state index contributed by atoms with van der Waals surface area (Å²) in [7, 11) is 0. The second-order valence-electron chi connectivity index (χ2n) is 15.5. The van der Waals surface area contributed by atoms with Crippen molar-refractivity contribution < 1.29 is 12.6 Å². The van der Waals surface area contributed by atoms with Gasteiger partial charge in [0.2, 0.25) is 5.95 Å². The Morgan fingerprint density at radius 1 is 0.381 bits per heavy atom. The third-order valence-electron chi connectivity index (χ3n) is 12.0. The van der Waals surface area contributed by atoms with E-state index in [9.17, 15) is 2.74 Å². The van der Waals surface area contributed by atoms with E-state index in [1.165, 1.54) is 6.07 Å². The zero-order valence-electron chi connectivity index (χ0n) is 39.4. The topological polar surface area (TPSA) is 61.7 Å². The van der Waals surface area contributed by atoms with Crippen LogP contribution < -0.4 is 0 Å². The number of aromatic nitrogens is 5. The Labute approximate surface area is 370 Å². The van der Waals surface area contributed by atoms with Gasteiger partial charge in [0, 0.05) is 54.6 Å². The van der Waals surface area contributed by atoms with Crippen molar-refractivity contribution in [2.45, 2.75) is 0 Å². The molecule has 0 saturated carbocycles. The van der Waals surface area contributed by atoms with Crippen molar-refractivity contribution in [3.8, 4) is 56.7 Å². The Hall–Kier alpha value is -8.61. The highest BCUT2D eigenvalue weighted by molar-refractivity contribution is 6.13. The van der Waals surface area contributed by atoms with Crippen LogP contribution >= 0.6 is 0 Å². The summed E-state index contributed by atoms with van der Waals surface area (Å²) in [6, 6.07) is 56.4. The van der Waals surface area contributed by atoms with Crippen LogP contribution in [0.3, 0.4) is 0 Å². The average Bonchev–Trinajstić information content (AvgIpc) is 4.07. The Kier molecular flexibility index (Phi) is 6.56. The lowest BCUT2D eigenvalue weighted by Gasteiger charge is -2.16. The fraction of sp³-hybridized carbons (Fsp3) is 0. The molecular weight excluding hydrogens is 771 g/mol. The first-order valence-corrected chi connectivity index (χ1v) is 20.7. The van der Waals surface area contributed by atoms with Gasteiger partial charge in [-0.25, -0.2) is 4.98 Å². The molecule has 0 aliphatic heterocycles. The molecule has 0 saturated heterocycles. The van der Waals surface area contributed by atoms with Crippen LogP contribution in [0.4, 0.5) is 0 Å². The lowest BCUT2D eigenvalue weighted by atomic mass is 9.98. The quantitative estimate of drug-likeness (QED) is 0.168. The fourth-order valence-corrected chi connectivity index (χ4v) is 9.12. The number of nitrogens with zero attached hydrogens (tertiary/aromatic N) is 5. The summed E-state index contributed by atoms with van der Waals surface area (Å²) >= 11 is 0. The van der Waals surface area contributed by atoms with Crippen molar-refractivity contribution in [2.75, 3.05) is 0 Å². The molecule has 0 unspecified atom stereocenters. The van der Waals surface area contributed by atoms with Crippen LogP contribution in [0.25, 0.3) is 122 Å². The number of hydrogen-bond donors (Lipinski definition) is 0. The molecule has 13 rings (SSSR count). The Morgan fingerprint density at radius 2 is 0.968 bits per heavy atom. The molecule has 0 bridgehead atoms. The average molecular weight is 812 g/mol. The van der Waals surface area contributed by atoms with Crippen molar-refractivity contribution in [3.05, 3.63) is 212 Å². The third kappa shape index (κ3) is 5.55. The Bertz CT molecular complexity index is 4220. The zero-order valence-corrected chi connectivity index (χ0v) is 33.4. The van der Waals surface area contributed by atoms with Crippen LogP contribution in [0.5, 0.6) is 0 Å². The van der Waals surface area contributed by atoms with Gasteiger partial charge in [0.25, 0.3) is 0 Å². The van der Waals surface area contributed by atoms with Crippen molar-refractivity contribution >= 4 is 65.6 Å². The summed E-state index contributed by atoms with van der Waals surface area (Å²) in [4.78, 5) is 15.6. The molecule has 6 heteroatoms. The van der Waals surface area contributed by atoms with Gasteiger partial charge in [-0.15, -0.1) is 0 Å². The van der Waals surface area contributed by atoms with E-state index in [1.807, 2.05) is 115 Å². The first-order chi connectivity index (χ1) is 33.7. The maximum atomic E-state index is 9.65. The third-order valence-corrected chi connectivity index (χ3v) is 12.0. The monoisotopic (exact) mass is 811 g/mol. The van der Waals surface area contributed by atoms with Crippen LogP contribution in [-0.2, 0) is 0 Å². The van der Waals surface area contributed by atoms with E-state index in [4.69, 9.17) is 24.9 Å². The van der Waals surface area contributed by atoms with E-state index in [1.54, 1.807) is 0 Å². The van der Waals surface area contributed by atoms with Gasteiger partial charge in [-0.05, 0) is 65.7 Å². The molecule has 0 aliphatic rings. The molecule has 13 aromatic rings. The van der Waals surface area contributed by atoms with E-state index in [2.05, 4.69) is 63.7 Å². The van der Waals surface area contributed by atoms with Crippen LogP contribution in [0.2, 0.25) is 0 Å². The summed E-state index contributed by atoms with van der Waals surface area (Å²) in [6.45, 7) is 0. The maximum Gasteiger partial charge on any atom is 0.238 e. The summed E-state index contributed by atoms with van der Waals surface area (Å²) in [5.41, 5.74) is 8.58. The van der Waals surface area contributed by atoms with E-state index in [0.29, 0.717) is 34.4 Å². The van der Waals surface area contributed by atoms with Gasteiger partial charge in [0.05, 0.1) is 36.0 Å². The lowest BCUT2D eigenvalue weighted by molar-refractivity contribution is 0.670. The predicted octanol–water partition coefficient (Wildman–Crippen LogP) is 14.6. The Balaban J connectivity index is 1.12. The van der Waals surface area contributed by atoms with Crippen LogP contribution in [0.15, 0.2) is 217 Å². The molecule has 4 heterocycles. The largest absolute Gasteiger partial charge is 0.455 e. The number of fused-ring (bicyclic) bond motifs is 9. The van der Waals surface area contributed by atoms with E-state index in [0.717, 1.165) is 60.3 Å². The molecule has 0 aliphatic carbocycles. The lowest BCUT2D eigenvalue weighted by Crippen LogP contribution is -2.06. The molecule has 0 atom stereocenters. The first-order valence-electron chi connectivity index (χ1n) is 23.7. The molecule has 0 N–H and O–H groups in total. The van der Waals surface area contributed by atoms with Crippen molar-refractivity contribution in [1.29, 1.82) is 0 Å². The number of rotatable bonds is 6. The molecule has 9 aromatic carbocycles. The van der Waals surface area contributed by atoms with E-state index in [-0.39, 0.29) is 63.8 Å². The summed E-state index contributed by atoms with van der Waals surface area (Å²) < 4.78 is 65.0. The van der Waals surface area contributed by atoms with Gasteiger partial charge >= 0.3 is 0 Å². The predicted molar refractivity (Wildman–Crippen MR) is 258 cm³/mol. The van der Waals surface area contributed by atoms with Gasteiger partial charge in [-0.2, -0.15) is 9.97 Å². The Morgan fingerprint density at radius 3 is 1.70 bits per heavy atom. The minimum atomic E-state index is -0.379. The van der Waals surface area contributed by atoms with Gasteiger partial charge < -0.3 is 8.98 Å². The standard InChI is InChI=1S/C57H35N5O/c1-3-16-36(17-4-1)38-30-32-52-46(34-38)42-22-9-13-28-50(42)62(52)57-59-55(37-18-5-2-6-19-37)58-56(60-57)39-31-33-51(61-48-26-11-7-20-40(48)41-21-8-12-27-49(41)61)47(35-39)45-25-15-24-44-43-23-10-14-29-53(43)63-54(44)45/h1-35H/i10D,15D,23D,24D,25D,29D. The zero-order chi connectivity index (χ0) is 46.7. The molecule has 0 fully saturated rings. The SMILES string of the molecule is [2H]c1cc([2H])c2oc3c(-c4cc(-c5nc(-c6ccccc6)nc(-n6c7ccccc7c7cc(-c8ccccc8)ccc76)n5)ccc4-n4c5ccccc5c5ccccc54)c([2H])c([2H])c([2H])c3c2c1[2H]. The fourth-order valence-electron chi connectivity index (χ4n) is 9.12. The smallest absolute Gasteiger partial charge is 0.238 e. The van der Waals surface area contributed by atoms with Crippen LogP contribution in [0, 0.1) is 0 Å². The van der Waals surface area contributed by atoms with E-state index >= 15 is 0 Å². The van der Waals surface area contributed by atoms with Crippen LogP contribution in [-0.4, -0.2) is 24.1 Å². The molecule has 6 nitrogen and oxygen atoms in total. The minimum absolute atomic E-state index is 0.0111. The second kappa shape index (κ2) is 14.0. The minimum Gasteiger partial charge on any atom is -0.455 e. The molecular formula is C57H35N5O. The van der Waals surface area contributed by atoms with Crippen molar-refractivity contribution in [2.24, 2.45) is 0 Å². The highest BCUT2D eigenvalue weighted by Crippen LogP contribution is 2.43. The van der Waals surface area contributed by atoms with E-state index < -0.39 is 0 Å². The van der Waals surface area contributed by atoms with Crippen molar-refractivity contribution in [1.82, 2.24) is 24.1 Å². The summed E-state index contributed by atoms with van der Waals surface area (Å²) in [5, 5.41) is 4.30. The number of para-hydroxylation sites is 5. The highest BCUT2D eigenvalue weighted by Gasteiger charge is 2.23. The molecule has 63 heavy (non-hydrogen) atoms. The number of benzene rings is 9. The van der Waals surface area contributed by atoms with Gasteiger partial charge in [-0.3, -0.25) is 4.57 Å². The van der Waals surface area contributed by atoms with Gasteiger partial charge in [0.1, 0.15) is 11.2 Å². The molecule has 0 radical (unpaired) electrons. The molecule has 0 amide bonds. The van der Waals surface area contributed by atoms with Crippen molar-refractivity contribution in [3.63, 3.8) is 0 Å².